The predicted octanol–water partition coefficient (Wildman–Crippen LogP) is 2.47. The number of ether oxygens (including phenoxy) is 1. The number of phenolic OH excluding ortho intramolecular Hbond substituents is 1. The number of phenols is 1. The Morgan fingerprint density at radius 1 is 1.42 bits per heavy atom. The summed E-state index contributed by atoms with van der Waals surface area (Å²) in [5, 5.41) is 13.4. The Morgan fingerprint density at radius 2 is 2.32 bits per heavy atom. The van der Waals surface area contributed by atoms with Crippen LogP contribution in [-0.4, -0.2) is 28.0 Å². The Bertz CT molecular complexity index is 574. The Balaban J connectivity index is 1.80. The van der Waals surface area contributed by atoms with Gasteiger partial charge in [0.15, 0.2) is 5.82 Å². The highest BCUT2D eigenvalue weighted by atomic mass is 16.5. The number of hydrogen-bond donors (Lipinski definition) is 1. The third-order valence-electron chi connectivity index (χ3n) is 3.34. The van der Waals surface area contributed by atoms with E-state index < -0.39 is 0 Å². The van der Waals surface area contributed by atoms with Crippen LogP contribution in [0.15, 0.2) is 22.7 Å². The topological polar surface area (TPSA) is 68.4 Å². The highest BCUT2D eigenvalue weighted by Gasteiger charge is 2.19. The van der Waals surface area contributed by atoms with Crippen molar-refractivity contribution in [3.05, 3.63) is 29.6 Å². The van der Waals surface area contributed by atoms with Crippen molar-refractivity contribution in [2.75, 3.05) is 6.61 Å². The second kappa shape index (κ2) is 5.01. The molecule has 0 spiro atoms. The summed E-state index contributed by atoms with van der Waals surface area (Å²) >= 11 is 0. The summed E-state index contributed by atoms with van der Waals surface area (Å²) < 4.78 is 10.8. The van der Waals surface area contributed by atoms with Gasteiger partial charge in [0.25, 0.3) is 5.89 Å². The lowest BCUT2D eigenvalue weighted by molar-refractivity contribution is 0.109. The molecule has 3 rings (SSSR count). The van der Waals surface area contributed by atoms with Crippen molar-refractivity contribution in [2.45, 2.75) is 32.3 Å². The molecule has 0 saturated carbocycles. The largest absolute Gasteiger partial charge is 0.508 e. The van der Waals surface area contributed by atoms with E-state index in [0.29, 0.717) is 18.1 Å². The van der Waals surface area contributed by atoms with Crippen LogP contribution >= 0.6 is 0 Å². The van der Waals surface area contributed by atoms with E-state index in [0.717, 1.165) is 30.6 Å². The molecule has 5 nitrogen and oxygen atoms in total. The number of nitrogens with zero attached hydrogens (tertiary/aromatic N) is 2. The van der Waals surface area contributed by atoms with Crippen molar-refractivity contribution in [1.29, 1.82) is 0 Å². The molecule has 1 aromatic heterocycles. The first-order valence-electron chi connectivity index (χ1n) is 6.46. The second-order valence-electron chi connectivity index (χ2n) is 4.85. The Labute approximate surface area is 111 Å². The molecular weight excluding hydrogens is 244 g/mol. The Hall–Kier alpha value is -1.88. The van der Waals surface area contributed by atoms with Crippen molar-refractivity contribution in [2.24, 2.45) is 0 Å². The number of aromatic hydroxyl groups is 1. The number of benzene rings is 1. The lowest BCUT2D eigenvalue weighted by Gasteiger charge is -2.04. The first-order chi connectivity index (χ1) is 9.22. The molecule has 1 saturated heterocycles. The minimum absolute atomic E-state index is 0.214. The maximum Gasteiger partial charge on any atom is 0.258 e. The fourth-order valence-corrected chi connectivity index (χ4v) is 2.34. The van der Waals surface area contributed by atoms with Crippen LogP contribution in [0.5, 0.6) is 5.75 Å². The molecule has 1 N–H and O–H groups in total. The molecular formula is C14H16N2O3. The van der Waals surface area contributed by atoms with Gasteiger partial charge in [0.05, 0.1) is 6.10 Å². The lowest BCUT2D eigenvalue weighted by Crippen LogP contribution is -2.09. The van der Waals surface area contributed by atoms with E-state index in [1.54, 1.807) is 18.2 Å². The first-order valence-corrected chi connectivity index (χ1v) is 6.46. The van der Waals surface area contributed by atoms with Crippen molar-refractivity contribution >= 4 is 0 Å². The third kappa shape index (κ3) is 2.61. The van der Waals surface area contributed by atoms with Crippen LogP contribution in [0.4, 0.5) is 0 Å². The highest BCUT2D eigenvalue weighted by Crippen LogP contribution is 2.25. The summed E-state index contributed by atoms with van der Waals surface area (Å²) in [7, 11) is 0. The molecule has 2 heterocycles. The van der Waals surface area contributed by atoms with Gasteiger partial charge in [-0.15, -0.1) is 0 Å². The Kier molecular flexibility index (Phi) is 3.21. The van der Waals surface area contributed by atoms with Crippen LogP contribution in [0, 0.1) is 6.92 Å². The number of rotatable bonds is 3. The first kappa shape index (κ1) is 12.2. The van der Waals surface area contributed by atoms with Crippen molar-refractivity contribution in [3.63, 3.8) is 0 Å². The van der Waals surface area contributed by atoms with Crippen LogP contribution < -0.4 is 0 Å². The molecule has 1 aliphatic heterocycles. The lowest BCUT2D eigenvalue weighted by atomic mass is 10.1. The average molecular weight is 260 g/mol. The molecule has 1 fully saturated rings. The zero-order valence-electron chi connectivity index (χ0n) is 10.8. The summed E-state index contributed by atoms with van der Waals surface area (Å²) in [5.41, 5.74) is 1.76. The summed E-state index contributed by atoms with van der Waals surface area (Å²) in [5.74, 6) is 1.40. The maximum absolute atomic E-state index is 9.40. The van der Waals surface area contributed by atoms with Crippen LogP contribution in [0.3, 0.4) is 0 Å². The molecule has 1 unspecified atom stereocenters. The molecule has 0 radical (unpaired) electrons. The number of aryl methyl sites for hydroxylation is 1. The molecule has 0 amide bonds. The predicted molar refractivity (Wildman–Crippen MR) is 68.8 cm³/mol. The van der Waals surface area contributed by atoms with Gasteiger partial charge in [0.2, 0.25) is 0 Å². The van der Waals surface area contributed by atoms with E-state index in [9.17, 15) is 5.11 Å². The van der Waals surface area contributed by atoms with Crippen LogP contribution in [0.25, 0.3) is 11.5 Å². The van der Waals surface area contributed by atoms with Crippen molar-refractivity contribution in [3.8, 4) is 17.2 Å². The molecule has 19 heavy (non-hydrogen) atoms. The zero-order chi connectivity index (χ0) is 13.2. The van der Waals surface area contributed by atoms with E-state index in [1.165, 1.54) is 0 Å². The third-order valence-corrected chi connectivity index (χ3v) is 3.34. The minimum atomic E-state index is 0.214. The molecule has 0 aliphatic carbocycles. The SMILES string of the molecule is Cc1cc(O)ccc1-c1nc(CC2CCCO2)no1. The molecule has 1 aromatic carbocycles. The standard InChI is InChI=1S/C14H16N2O3/c1-9-7-10(17)4-5-12(9)14-15-13(16-19-14)8-11-3-2-6-18-11/h4-5,7,11,17H,2-3,6,8H2,1H3. The fourth-order valence-electron chi connectivity index (χ4n) is 2.34. The second-order valence-corrected chi connectivity index (χ2v) is 4.85. The van der Waals surface area contributed by atoms with E-state index in [2.05, 4.69) is 10.1 Å². The molecule has 100 valence electrons. The summed E-state index contributed by atoms with van der Waals surface area (Å²) in [6.07, 6.45) is 3.07. The van der Waals surface area contributed by atoms with Gasteiger partial charge in [-0.05, 0) is 43.5 Å². The van der Waals surface area contributed by atoms with Gasteiger partial charge in [-0.1, -0.05) is 5.16 Å². The van der Waals surface area contributed by atoms with Gasteiger partial charge < -0.3 is 14.4 Å². The molecule has 0 bridgehead atoms. The van der Waals surface area contributed by atoms with Crippen LogP contribution in [-0.2, 0) is 11.2 Å². The monoisotopic (exact) mass is 260 g/mol. The van der Waals surface area contributed by atoms with Gasteiger partial charge in [-0.2, -0.15) is 4.98 Å². The summed E-state index contributed by atoms with van der Waals surface area (Å²) in [6.45, 7) is 2.73. The van der Waals surface area contributed by atoms with Gasteiger partial charge in [0, 0.05) is 18.6 Å². The van der Waals surface area contributed by atoms with Gasteiger partial charge in [-0.25, -0.2) is 0 Å². The normalized spacial score (nSPS) is 18.9. The van der Waals surface area contributed by atoms with E-state index >= 15 is 0 Å². The Morgan fingerprint density at radius 3 is 3.05 bits per heavy atom. The maximum atomic E-state index is 9.40. The van der Waals surface area contributed by atoms with Gasteiger partial charge in [-0.3, -0.25) is 0 Å². The quantitative estimate of drug-likeness (QED) is 0.918. The van der Waals surface area contributed by atoms with E-state index in [4.69, 9.17) is 9.26 Å². The molecule has 5 heteroatoms. The zero-order valence-corrected chi connectivity index (χ0v) is 10.8. The summed E-state index contributed by atoms with van der Waals surface area (Å²) in [6, 6.07) is 5.08. The number of aromatic nitrogens is 2. The van der Waals surface area contributed by atoms with Gasteiger partial charge in [0.1, 0.15) is 5.75 Å². The van der Waals surface area contributed by atoms with Crippen LogP contribution in [0.2, 0.25) is 0 Å². The number of hydrogen-bond acceptors (Lipinski definition) is 5. The fraction of sp³-hybridized carbons (Fsp3) is 0.429. The summed E-state index contributed by atoms with van der Waals surface area (Å²) in [4.78, 5) is 4.40. The van der Waals surface area contributed by atoms with Gasteiger partial charge >= 0.3 is 0 Å². The van der Waals surface area contributed by atoms with Crippen LogP contribution in [0.1, 0.15) is 24.2 Å². The minimum Gasteiger partial charge on any atom is -0.508 e. The van der Waals surface area contributed by atoms with E-state index in [-0.39, 0.29) is 11.9 Å². The van der Waals surface area contributed by atoms with Crippen molar-refractivity contribution in [1.82, 2.24) is 10.1 Å². The molecule has 1 aliphatic rings. The highest BCUT2D eigenvalue weighted by molar-refractivity contribution is 5.59. The molecule has 1 atom stereocenters. The van der Waals surface area contributed by atoms with E-state index in [1.807, 2.05) is 6.92 Å². The molecule has 2 aromatic rings. The average Bonchev–Trinajstić information content (AvgIpc) is 3.01. The van der Waals surface area contributed by atoms with Crippen molar-refractivity contribution < 1.29 is 14.4 Å². The smallest absolute Gasteiger partial charge is 0.258 e.